The van der Waals surface area contributed by atoms with Crippen LogP contribution in [0.3, 0.4) is 0 Å². The minimum Gasteiger partial charge on any atom is -0.507 e. The van der Waals surface area contributed by atoms with Crippen LogP contribution in [0.4, 0.5) is 0 Å². The van der Waals surface area contributed by atoms with Crippen LogP contribution in [-0.4, -0.2) is 21.5 Å². The third-order valence-corrected chi connectivity index (χ3v) is 1.99. The van der Waals surface area contributed by atoms with Gasteiger partial charge in [-0.2, -0.15) is 0 Å². The van der Waals surface area contributed by atoms with Gasteiger partial charge >= 0.3 is 0 Å². The smallest absolute Gasteiger partial charge is 0.125 e. The van der Waals surface area contributed by atoms with E-state index in [1.807, 2.05) is 0 Å². The molecule has 0 radical (unpaired) electrons. The second-order valence-electron chi connectivity index (χ2n) is 2.81. The first-order chi connectivity index (χ1) is 6.83. The number of oxime groups is 1. The minimum absolute atomic E-state index is 0.0725. The molecule has 0 aliphatic carbocycles. The summed E-state index contributed by atoms with van der Waals surface area (Å²) < 4.78 is 0. The predicted octanol–water partition coefficient (Wildman–Crippen LogP) is 1.75. The molecule has 0 aliphatic heterocycles. The molecule has 0 aliphatic rings. The second-order valence-corrected chi connectivity index (χ2v) is 2.81. The van der Waals surface area contributed by atoms with E-state index in [4.69, 9.17) is 5.21 Å². The molecule has 0 amide bonds. The van der Waals surface area contributed by atoms with Crippen molar-refractivity contribution < 1.29 is 10.3 Å². The van der Waals surface area contributed by atoms with Crippen molar-refractivity contribution >= 4 is 17.1 Å². The van der Waals surface area contributed by atoms with Gasteiger partial charge in [-0.05, 0) is 18.2 Å². The van der Waals surface area contributed by atoms with Crippen molar-refractivity contribution in [1.29, 1.82) is 0 Å². The Hall–Kier alpha value is -2.10. The van der Waals surface area contributed by atoms with Gasteiger partial charge in [0.1, 0.15) is 5.75 Å². The third kappa shape index (κ3) is 1.26. The molecule has 0 atom stereocenters. The monoisotopic (exact) mass is 188 g/mol. The lowest BCUT2D eigenvalue weighted by Crippen LogP contribution is -1.87. The fourth-order valence-electron chi connectivity index (χ4n) is 1.36. The van der Waals surface area contributed by atoms with Crippen molar-refractivity contribution in [3.63, 3.8) is 0 Å². The number of nitrogens with zero attached hydrogens (tertiary/aromatic N) is 2. The summed E-state index contributed by atoms with van der Waals surface area (Å²) in [6.07, 6.45) is 2.86. The summed E-state index contributed by atoms with van der Waals surface area (Å²) in [6, 6.07) is 6.79. The molecule has 0 saturated heterocycles. The van der Waals surface area contributed by atoms with E-state index in [9.17, 15) is 5.11 Å². The molecule has 1 heterocycles. The van der Waals surface area contributed by atoms with Crippen molar-refractivity contribution in [2.45, 2.75) is 0 Å². The van der Waals surface area contributed by atoms with Gasteiger partial charge in [0.2, 0.25) is 0 Å². The summed E-state index contributed by atoms with van der Waals surface area (Å²) in [5, 5.41) is 21.6. The van der Waals surface area contributed by atoms with E-state index in [1.54, 1.807) is 24.4 Å². The normalized spacial score (nSPS) is 11.1. The number of benzene rings is 1. The number of phenolic OH excluding ortho intramolecular Hbond substituents is 1. The van der Waals surface area contributed by atoms with Gasteiger partial charge in [-0.1, -0.05) is 11.2 Å². The Morgan fingerprint density at radius 2 is 2.14 bits per heavy atom. The lowest BCUT2D eigenvalue weighted by molar-refractivity contribution is 0.321. The van der Waals surface area contributed by atoms with Gasteiger partial charge in [0.25, 0.3) is 0 Å². The number of aromatic hydroxyl groups is 1. The molecule has 0 unspecified atom stereocenters. The van der Waals surface area contributed by atoms with Gasteiger partial charge in [0, 0.05) is 17.1 Å². The van der Waals surface area contributed by atoms with Crippen LogP contribution in [0, 0.1) is 0 Å². The van der Waals surface area contributed by atoms with Crippen LogP contribution in [0.1, 0.15) is 5.56 Å². The van der Waals surface area contributed by atoms with E-state index >= 15 is 0 Å². The van der Waals surface area contributed by atoms with Crippen LogP contribution in [0.2, 0.25) is 0 Å². The predicted molar refractivity (Wildman–Crippen MR) is 52.8 cm³/mol. The van der Waals surface area contributed by atoms with Crippen LogP contribution >= 0.6 is 0 Å². The van der Waals surface area contributed by atoms with Crippen molar-refractivity contribution in [3.05, 3.63) is 36.0 Å². The first-order valence-corrected chi connectivity index (χ1v) is 4.07. The first-order valence-electron chi connectivity index (χ1n) is 4.07. The maximum atomic E-state index is 9.51. The molecule has 2 N–H and O–H groups in total. The van der Waals surface area contributed by atoms with E-state index in [2.05, 4.69) is 10.1 Å². The molecule has 0 fully saturated rings. The fraction of sp³-hybridized carbons (Fsp3) is 0. The zero-order valence-corrected chi connectivity index (χ0v) is 7.25. The summed E-state index contributed by atoms with van der Waals surface area (Å²) >= 11 is 0. The molecule has 4 heteroatoms. The van der Waals surface area contributed by atoms with Gasteiger partial charge in [-0.15, -0.1) is 0 Å². The Balaban J connectivity index is 2.82. The number of rotatable bonds is 1. The minimum atomic E-state index is 0.0725. The Bertz CT molecular complexity index is 494. The topological polar surface area (TPSA) is 65.7 Å². The number of pyridine rings is 1. The van der Waals surface area contributed by atoms with E-state index in [0.717, 1.165) is 10.9 Å². The van der Waals surface area contributed by atoms with Gasteiger partial charge < -0.3 is 10.3 Å². The molecule has 0 bridgehead atoms. The van der Waals surface area contributed by atoms with Crippen molar-refractivity contribution in [3.8, 4) is 5.75 Å². The average molecular weight is 188 g/mol. The zero-order valence-electron chi connectivity index (χ0n) is 7.25. The highest BCUT2D eigenvalue weighted by atomic mass is 16.4. The maximum absolute atomic E-state index is 9.51. The highest BCUT2D eigenvalue weighted by molar-refractivity contribution is 6.00. The molecule has 1 aromatic carbocycles. The molecular formula is C10H8N2O2. The van der Waals surface area contributed by atoms with Crippen LogP contribution in [0.25, 0.3) is 10.9 Å². The first kappa shape index (κ1) is 8.50. The van der Waals surface area contributed by atoms with Gasteiger partial charge in [-0.25, -0.2) is 0 Å². The van der Waals surface area contributed by atoms with Crippen molar-refractivity contribution in [1.82, 2.24) is 4.98 Å². The van der Waals surface area contributed by atoms with E-state index < -0.39 is 0 Å². The number of aromatic nitrogens is 1. The van der Waals surface area contributed by atoms with Crippen molar-refractivity contribution in [2.24, 2.45) is 5.16 Å². The number of phenols is 1. The SMILES string of the molecule is O/N=C\c1c(O)ccc2ncccc12. The second kappa shape index (κ2) is 3.33. The number of fused-ring (bicyclic) bond motifs is 1. The number of hydrogen-bond acceptors (Lipinski definition) is 4. The van der Waals surface area contributed by atoms with Gasteiger partial charge in [0.05, 0.1) is 11.7 Å². The fourth-order valence-corrected chi connectivity index (χ4v) is 1.36. The standard InChI is InChI=1S/C10H8N2O2/c13-10-4-3-9-7(2-1-5-11-9)8(10)6-12-14/h1-6,13-14H/b12-6-. The van der Waals surface area contributed by atoms with E-state index in [0.29, 0.717) is 5.56 Å². The quantitative estimate of drug-likeness (QED) is 0.407. The zero-order chi connectivity index (χ0) is 9.97. The molecule has 2 aromatic rings. The summed E-state index contributed by atoms with van der Waals surface area (Å²) in [5.74, 6) is 0.0725. The van der Waals surface area contributed by atoms with Gasteiger partial charge in [0.15, 0.2) is 0 Å². The van der Waals surface area contributed by atoms with Gasteiger partial charge in [-0.3, -0.25) is 4.98 Å². The summed E-state index contributed by atoms with van der Waals surface area (Å²) in [6.45, 7) is 0. The molecule has 0 saturated carbocycles. The molecular weight excluding hydrogens is 180 g/mol. The summed E-state index contributed by atoms with van der Waals surface area (Å²) in [7, 11) is 0. The maximum Gasteiger partial charge on any atom is 0.125 e. The Morgan fingerprint density at radius 3 is 2.93 bits per heavy atom. The third-order valence-electron chi connectivity index (χ3n) is 1.99. The highest BCUT2D eigenvalue weighted by Gasteiger charge is 2.04. The lowest BCUT2D eigenvalue weighted by atomic mass is 10.1. The molecule has 70 valence electrons. The Morgan fingerprint density at radius 1 is 1.29 bits per heavy atom. The van der Waals surface area contributed by atoms with Crippen molar-refractivity contribution in [2.75, 3.05) is 0 Å². The van der Waals surface area contributed by atoms with E-state index in [-0.39, 0.29) is 5.75 Å². The Kier molecular flexibility index (Phi) is 2.02. The molecule has 2 rings (SSSR count). The highest BCUT2D eigenvalue weighted by Crippen LogP contribution is 2.23. The van der Waals surface area contributed by atoms with Crippen LogP contribution in [0.5, 0.6) is 5.75 Å². The lowest BCUT2D eigenvalue weighted by Gasteiger charge is -2.02. The molecule has 1 aromatic heterocycles. The number of hydrogen-bond donors (Lipinski definition) is 2. The summed E-state index contributed by atoms with van der Waals surface area (Å²) in [5.41, 5.74) is 1.22. The molecule has 14 heavy (non-hydrogen) atoms. The van der Waals surface area contributed by atoms with Crippen LogP contribution in [-0.2, 0) is 0 Å². The van der Waals surface area contributed by atoms with E-state index in [1.165, 1.54) is 12.3 Å². The van der Waals surface area contributed by atoms with Crippen LogP contribution in [0.15, 0.2) is 35.6 Å². The largest absolute Gasteiger partial charge is 0.507 e. The molecule has 4 nitrogen and oxygen atoms in total. The molecule has 0 spiro atoms. The summed E-state index contributed by atoms with van der Waals surface area (Å²) in [4.78, 5) is 4.11. The average Bonchev–Trinajstić information content (AvgIpc) is 2.23. The van der Waals surface area contributed by atoms with Crippen LogP contribution < -0.4 is 0 Å². The Labute approximate surface area is 80.1 Å².